The average Bonchev–Trinajstić information content (AvgIpc) is 3.12. The van der Waals surface area contributed by atoms with Crippen molar-refractivity contribution in [2.75, 3.05) is 19.0 Å². The molecule has 0 heterocycles. The molecule has 0 fully saturated rings. The zero-order chi connectivity index (χ0) is 21.8. The minimum absolute atomic E-state index is 0.0409. The summed E-state index contributed by atoms with van der Waals surface area (Å²) in [5, 5.41) is 2.67. The number of fused-ring (bicyclic) bond motifs is 3. The number of anilines is 1. The van der Waals surface area contributed by atoms with Crippen LogP contribution in [0.15, 0.2) is 66.7 Å². The van der Waals surface area contributed by atoms with Gasteiger partial charge in [-0.15, -0.1) is 0 Å². The number of carbonyl (C=O) groups is 2. The van der Waals surface area contributed by atoms with Crippen LogP contribution >= 0.6 is 0 Å². The van der Waals surface area contributed by atoms with E-state index in [0.717, 1.165) is 22.3 Å². The van der Waals surface area contributed by atoms with Crippen molar-refractivity contribution in [3.05, 3.63) is 77.9 Å². The number of amides is 1. The zero-order valence-electron chi connectivity index (χ0n) is 17.4. The second-order valence-electron chi connectivity index (χ2n) is 7.12. The van der Waals surface area contributed by atoms with Gasteiger partial charge in [0.25, 0.3) is 0 Å². The monoisotopic (exact) mass is 417 g/mol. The second kappa shape index (κ2) is 8.92. The number of esters is 1. The molecule has 1 aliphatic rings. The number of rotatable bonds is 6. The third-order valence-electron chi connectivity index (χ3n) is 5.28. The maximum Gasteiger partial charge on any atom is 0.411 e. The van der Waals surface area contributed by atoms with Crippen molar-refractivity contribution in [1.29, 1.82) is 0 Å². The minimum Gasteiger partial charge on any atom is -0.493 e. The van der Waals surface area contributed by atoms with Crippen molar-refractivity contribution in [2.24, 2.45) is 0 Å². The molecular weight excluding hydrogens is 394 g/mol. The number of nitrogens with one attached hydrogen (secondary N) is 1. The van der Waals surface area contributed by atoms with E-state index in [2.05, 4.69) is 29.6 Å². The molecular formula is C25H23NO5. The van der Waals surface area contributed by atoms with Crippen LogP contribution in [0, 0.1) is 0 Å². The van der Waals surface area contributed by atoms with Gasteiger partial charge in [0.2, 0.25) is 0 Å². The van der Waals surface area contributed by atoms with Gasteiger partial charge in [-0.05, 0) is 34.4 Å². The molecule has 1 aliphatic carbocycles. The Bertz CT molecular complexity index is 1080. The molecule has 6 nitrogen and oxygen atoms in total. The van der Waals surface area contributed by atoms with Gasteiger partial charge >= 0.3 is 12.1 Å². The van der Waals surface area contributed by atoms with Crippen molar-refractivity contribution in [2.45, 2.75) is 19.3 Å². The lowest BCUT2D eigenvalue weighted by Gasteiger charge is -2.16. The normalized spacial score (nSPS) is 11.9. The van der Waals surface area contributed by atoms with Crippen LogP contribution in [0.3, 0.4) is 0 Å². The number of ether oxygens (including phenoxy) is 3. The van der Waals surface area contributed by atoms with Gasteiger partial charge in [0.05, 0.1) is 12.8 Å². The van der Waals surface area contributed by atoms with Gasteiger partial charge in [0.1, 0.15) is 6.61 Å². The summed E-state index contributed by atoms with van der Waals surface area (Å²) in [5.74, 6) is 0.0320. The molecule has 3 aromatic carbocycles. The Morgan fingerprint density at radius 3 is 2.16 bits per heavy atom. The lowest BCUT2D eigenvalue weighted by Crippen LogP contribution is -2.19. The van der Waals surface area contributed by atoms with E-state index in [0.29, 0.717) is 11.4 Å². The quantitative estimate of drug-likeness (QED) is 0.431. The number of hydrogen-bond acceptors (Lipinski definition) is 5. The molecule has 0 aromatic heterocycles. The van der Waals surface area contributed by atoms with E-state index in [1.807, 2.05) is 24.3 Å². The van der Waals surface area contributed by atoms with Gasteiger partial charge in [-0.25, -0.2) is 4.79 Å². The molecule has 0 spiro atoms. The molecule has 0 atom stereocenters. The predicted octanol–water partition coefficient (Wildman–Crippen LogP) is 5.37. The Labute approximate surface area is 180 Å². The maximum absolute atomic E-state index is 12.6. The Kier molecular flexibility index (Phi) is 5.89. The molecule has 0 unspecified atom stereocenters. The summed E-state index contributed by atoms with van der Waals surface area (Å²) in [5.41, 5.74) is 4.89. The molecule has 0 saturated heterocycles. The van der Waals surface area contributed by atoms with Crippen LogP contribution in [-0.2, 0) is 9.53 Å². The molecule has 1 N–H and O–H groups in total. The van der Waals surface area contributed by atoms with E-state index in [1.54, 1.807) is 25.1 Å². The number of methoxy groups -OCH3 is 1. The van der Waals surface area contributed by atoms with Gasteiger partial charge in [-0.2, -0.15) is 0 Å². The predicted molar refractivity (Wildman–Crippen MR) is 118 cm³/mol. The van der Waals surface area contributed by atoms with Crippen LogP contribution in [0.4, 0.5) is 10.5 Å². The van der Waals surface area contributed by atoms with Crippen LogP contribution in [0.25, 0.3) is 11.1 Å². The summed E-state index contributed by atoms with van der Waals surface area (Å²) in [6.07, 6.45) is -0.438. The van der Waals surface area contributed by atoms with Gasteiger partial charge in [-0.3, -0.25) is 10.1 Å². The number of benzene rings is 3. The maximum atomic E-state index is 12.6. The Morgan fingerprint density at radius 2 is 1.55 bits per heavy atom. The van der Waals surface area contributed by atoms with Crippen molar-refractivity contribution >= 4 is 17.7 Å². The van der Waals surface area contributed by atoms with E-state index in [1.165, 1.54) is 7.11 Å². The fourth-order valence-corrected chi connectivity index (χ4v) is 3.81. The van der Waals surface area contributed by atoms with E-state index in [-0.39, 0.29) is 24.7 Å². The molecule has 0 radical (unpaired) electrons. The van der Waals surface area contributed by atoms with Crippen molar-refractivity contribution < 1.29 is 23.8 Å². The Hall–Kier alpha value is -3.80. The first-order valence-electron chi connectivity index (χ1n) is 10.1. The molecule has 3 aromatic rings. The van der Waals surface area contributed by atoms with Gasteiger partial charge in [-0.1, -0.05) is 61.5 Å². The SMILES string of the molecule is CCC(=O)Oc1c(NC(=O)OCC2c3ccccc3-c3ccccc32)cccc1OC. The summed E-state index contributed by atoms with van der Waals surface area (Å²) in [7, 11) is 1.47. The second-order valence-corrected chi connectivity index (χ2v) is 7.12. The zero-order valence-corrected chi connectivity index (χ0v) is 17.4. The van der Waals surface area contributed by atoms with Crippen molar-refractivity contribution in [3.8, 4) is 22.6 Å². The van der Waals surface area contributed by atoms with Crippen LogP contribution < -0.4 is 14.8 Å². The number of carbonyl (C=O) groups excluding carboxylic acids is 2. The van der Waals surface area contributed by atoms with E-state index in [4.69, 9.17) is 14.2 Å². The molecule has 4 rings (SSSR count). The number of para-hydroxylation sites is 1. The first kappa shape index (κ1) is 20.5. The van der Waals surface area contributed by atoms with Crippen LogP contribution in [-0.4, -0.2) is 25.8 Å². The Balaban J connectivity index is 1.50. The first-order valence-corrected chi connectivity index (χ1v) is 10.1. The highest BCUT2D eigenvalue weighted by Gasteiger charge is 2.29. The third-order valence-corrected chi connectivity index (χ3v) is 5.28. The molecule has 158 valence electrons. The summed E-state index contributed by atoms with van der Waals surface area (Å²) in [6, 6.07) is 21.3. The Morgan fingerprint density at radius 1 is 0.903 bits per heavy atom. The summed E-state index contributed by atoms with van der Waals surface area (Å²) in [4.78, 5) is 24.4. The standard InChI is InChI=1S/C25H23NO5/c1-3-23(27)31-24-21(13-8-14-22(24)29-2)26-25(28)30-15-20-18-11-6-4-9-16(18)17-10-5-7-12-19(17)20/h4-14,20H,3,15H2,1-2H3,(H,26,28). The molecule has 0 aliphatic heterocycles. The fourth-order valence-electron chi connectivity index (χ4n) is 3.81. The van der Waals surface area contributed by atoms with Gasteiger partial charge in [0, 0.05) is 12.3 Å². The van der Waals surface area contributed by atoms with Crippen LogP contribution in [0.2, 0.25) is 0 Å². The van der Waals surface area contributed by atoms with E-state index in [9.17, 15) is 9.59 Å². The topological polar surface area (TPSA) is 73.9 Å². The van der Waals surface area contributed by atoms with Crippen molar-refractivity contribution in [3.63, 3.8) is 0 Å². The summed E-state index contributed by atoms with van der Waals surface area (Å²) < 4.78 is 16.2. The largest absolute Gasteiger partial charge is 0.493 e. The van der Waals surface area contributed by atoms with Gasteiger partial charge < -0.3 is 14.2 Å². The molecule has 0 bridgehead atoms. The third kappa shape index (κ3) is 4.10. The lowest BCUT2D eigenvalue weighted by atomic mass is 9.98. The lowest BCUT2D eigenvalue weighted by molar-refractivity contribution is -0.134. The summed E-state index contributed by atoms with van der Waals surface area (Å²) in [6.45, 7) is 1.88. The van der Waals surface area contributed by atoms with Crippen LogP contribution in [0.1, 0.15) is 30.4 Å². The average molecular weight is 417 g/mol. The highest BCUT2D eigenvalue weighted by molar-refractivity contribution is 5.89. The smallest absolute Gasteiger partial charge is 0.411 e. The van der Waals surface area contributed by atoms with E-state index >= 15 is 0 Å². The van der Waals surface area contributed by atoms with Crippen LogP contribution in [0.5, 0.6) is 11.5 Å². The number of hydrogen-bond donors (Lipinski definition) is 1. The molecule has 1 amide bonds. The van der Waals surface area contributed by atoms with E-state index < -0.39 is 12.1 Å². The molecule has 6 heteroatoms. The highest BCUT2D eigenvalue weighted by Crippen LogP contribution is 2.44. The molecule has 31 heavy (non-hydrogen) atoms. The fraction of sp³-hybridized carbons (Fsp3) is 0.200. The van der Waals surface area contributed by atoms with Gasteiger partial charge in [0.15, 0.2) is 11.5 Å². The minimum atomic E-state index is -0.635. The highest BCUT2D eigenvalue weighted by atomic mass is 16.6. The first-order chi connectivity index (χ1) is 15.1. The summed E-state index contributed by atoms with van der Waals surface area (Å²) >= 11 is 0. The molecule has 0 saturated carbocycles. The van der Waals surface area contributed by atoms with Crippen molar-refractivity contribution in [1.82, 2.24) is 0 Å².